The summed E-state index contributed by atoms with van der Waals surface area (Å²) in [6.07, 6.45) is 3.75. The maximum Gasteiger partial charge on any atom is 0.197 e. The number of ketones is 2. The van der Waals surface area contributed by atoms with Gasteiger partial charge >= 0.3 is 0 Å². The molecule has 0 aliphatic heterocycles. The summed E-state index contributed by atoms with van der Waals surface area (Å²) >= 11 is 1.56. The van der Waals surface area contributed by atoms with Gasteiger partial charge in [0.25, 0.3) is 0 Å². The van der Waals surface area contributed by atoms with Crippen molar-refractivity contribution in [3.63, 3.8) is 0 Å². The quantitative estimate of drug-likeness (QED) is 0.368. The Morgan fingerprint density at radius 1 is 0.769 bits per heavy atom. The highest BCUT2D eigenvalue weighted by molar-refractivity contribution is 7.15. The Balaban J connectivity index is 1.55. The second-order valence-electron chi connectivity index (χ2n) is 6.18. The van der Waals surface area contributed by atoms with E-state index in [-0.39, 0.29) is 17.1 Å². The van der Waals surface area contributed by atoms with Crippen LogP contribution < -0.4 is 0 Å². The van der Waals surface area contributed by atoms with Crippen molar-refractivity contribution in [2.75, 3.05) is 0 Å². The van der Waals surface area contributed by atoms with Crippen LogP contribution in [0.3, 0.4) is 0 Å². The summed E-state index contributed by atoms with van der Waals surface area (Å²) in [6, 6.07) is 21.2. The predicted octanol–water partition coefficient (Wildman–Crippen LogP) is 5.15. The Bertz CT molecular complexity index is 1190. The van der Waals surface area contributed by atoms with Gasteiger partial charge < -0.3 is 4.57 Å². The highest BCUT2D eigenvalue weighted by Gasteiger charge is 2.32. The summed E-state index contributed by atoms with van der Waals surface area (Å²) in [6.45, 7) is 0. The number of carbonyl (C=O) groups excluding carboxylic acids is 2. The van der Waals surface area contributed by atoms with Crippen molar-refractivity contribution >= 4 is 39.9 Å². The third-order valence-electron chi connectivity index (χ3n) is 4.64. The summed E-state index contributed by atoms with van der Waals surface area (Å²) in [5, 5.41) is 2.23. The molecule has 2 aromatic carbocycles. The maximum absolute atomic E-state index is 12.5. The Hall–Kier alpha value is -3.24. The minimum Gasteiger partial charge on any atom is -0.308 e. The van der Waals surface area contributed by atoms with Crippen LogP contribution in [0.1, 0.15) is 25.6 Å². The number of nitrogens with zero attached hydrogens (tertiary/aromatic N) is 1. The highest BCUT2D eigenvalue weighted by atomic mass is 32.1. The second kappa shape index (κ2) is 5.64. The molecule has 4 aromatic rings. The van der Waals surface area contributed by atoms with E-state index in [1.165, 1.54) is 5.39 Å². The first-order valence-corrected chi connectivity index (χ1v) is 9.10. The van der Waals surface area contributed by atoms with Crippen molar-refractivity contribution in [3.8, 4) is 5.00 Å². The summed E-state index contributed by atoms with van der Waals surface area (Å²) < 4.78 is 2.12. The van der Waals surface area contributed by atoms with E-state index < -0.39 is 0 Å². The lowest BCUT2D eigenvalue weighted by molar-refractivity contribution is 0.0990. The number of para-hydroxylation sites is 1. The van der Waals surface area contributed by atoms with Gasteiger partial charge in [0.1, 0.15) is 5.00 Å². The van der Waals surface area contributed by atoms with Crippen molar-refractivity contribution in [1.29, 1.82) is 0 Å². The number of carbonyl (C=O) groups is 2. The molecule has 0 spiro atoms. The molecule has 1 aliphatic carbocycles. The van der Waals surface area contributed by atoms with Crippen molar-refractivity contribution in [3.05, 3.63) is 94.5 Å². The van der Waals surface area contributed by atoms with Gasteiger partial charge in [-0.1, -0.05) is 42.5 Å². The van der Waals surface area contributed by atoms with Crippen LogP contribution in [0.4, 0.5) is 0 Å². The van der Waals surface area contributed by atoms with E-state index in [9.17, 15) is 9.59 Å². The van der Waals surface area contributed by atoms with Crippen LogP contribution >= 0.6 is 11.3 Å². The fourth-order valence-electron chi connectivity index (χ4n) is 3.37. The van der Waals surface area contributed by atoms with E-state index >= 15 is 0 Å². The van der Waals surface area contributed by atoms with E-state index in [0.717, 1.165) is 15.4 Å². The van der Waals surface area contributed by atoms with E-state index in [4.69, 9.17) is 0 Å². The number of benzene rings is 2. The number of aromatic nitrogens is 1. The molecule has 26 heavy (non-hydrogen) atoms. The Kier molecular flexibility index (Phi) is 3.27. The minimum absolute atomic E-state index is 0.188. The zero-order chi connectivity index (χ0) is 17.7. The zero-order valence-electron chi connectivity index (χ0n) is 13.7. The lowest BCUT2D eigenvalue weighted by Gasteiger charge is -2.00. The Labute approximate surface area is 153 Å². The number of hydrogen-bond donors (Lipinski definition) is 0. The van der Waals surface area contributed by atoms with Gasteiger partial charge in [0.15, 0.2) is 11.6 Å². The molecule has 2 aromatic heterocycles. The molecule has 0 unspecified atom stereocenters. The molecule has 0 amide bonds. The summed E-state index contributed by atoms with van der Waals surface area (Å²) in [5.41, 5.74) is 2.37. The van der Waals surface area contributed by atoms with Crippen molar-refractivity contribution in [2.24, 2.45) is 0 Å². The lowest BCUT2D eigenvalue weighted by Crippen LogP contribution is -1.99. The van der Waals surface area contributed by atoms with Crippen LogP contribution in [0.25, 0.3) is 22.0 Å². The first-order valence-electron chi connectivity index (χ1n) is 8.29. The summed E-state index contributed by atoms with van der Waals surface area (Å²) in [5.74, 6) is -0.376. The molecular formula is C22H13NO2S. The number of hydrogen-bond acceptors (Lipinski definition) is 3. The van der Waals surface area contributed by atoms with Crippen LogP contribution in [-0.4, -0.2) is 16.1 Å². The molecule has 5 rings (SSSR count). The van der Waals surface area contributed by atoms with Crippen LogP contribution in [0.5, 0.6) is 0 Å². The first-order chi connectivity index (χ1) is 12.7. The molecule has 2 heterocycles. The Morgan fingerprint density at radius 3 is 2.23 bits per heavy atom. The first kappa shape index (κ1) is 15.0. The van der Waals surface area contributed by atoms with Gasteiger partial charge in [0, 0.05) is 22.2 Å². The fourth-order valence-corrected chi connectivity index (χ4v) is 4.32. The highest BCUT2D eigenvalue weighted by Crippen LogP contribution is 2.31. The van der Waals surface area contributed by atoms with Gasteiger partial charge in [-0.2, -0.15) is 0 Å². The van der Waals surface area contributed by atoms with Gasteiger partial charge in [-0.05, 0) is 35.7 Å². The van der Waals surface area contributed by atoms with E-state index in [1.807, 2.05) is 30.5 Å². The largest absolute Gasteiger partial charge is 0.308 e. The van der Waals surface area contributed by atoms with Crippen LogP contribution in [0.15, 0.2) is 78.5 Å². The topological polar surface area (TPSA) is 39.1 Å². The molecule has 1 aliphatic rings. The van der Waals surface area contributed by atoms with Gasteiger partial charge in [-0.3, -0.25) is 9.59 Å². The summed E-state index contributed by atoms with van der Waals surface area (Å²) in [7, 11) is 0. The standard InChI is InChI=1S/C22H13NO2S/c24-21-16-6-2-3-7-17(16)22(25)18(21)13-15-9-10-20(26-15)23-12-11-14-5-1-4-8-19(14)23/h1-13H. The van der Waals surface area contributed by atoms with Crippen molar-refractivity contribution in [1.82, 2.24) is 4.57 Å². The Morgan fingerprint density at radius 2 is 1.46 bits per heavy atom. The molecule has 0 saturated heterocycles. The molecule has 0 fully saturated rings. The van der Waals surface area contributed by atoms with Crippen LogP contribution in [-0.2, 0) is 0 Å². The molecule has 0 radical (unpaired) electrons. The SMILES string of the molecule is O=C1C(=Cc2ccc(-n3ccc4ccccc43)s2)C(=O)c2ccccc21. The van der Waals surface area contributed by atoms with Gasteiger partial charge in [0.05, 0.1) is 11.1 Å². The van der Waals surface area contributed by atoms with Crippen molar-refractivity contribution < 1.29 is 9.59 Å². The van der Waals surface area contributed by atoms with Gasteiger partial charge in [-0.25, -0.2) is 0 Å². The van der Waals surface area contributed by atoms with Gasteiger partial charge in [-0.15, -0.1) is 11.3 Å². The maximum atomic E-state index is 12.5. The molecule has 0 atom stereocenters. The molecular weight excluding hydrogens is 342 g/mol. The normalized spacial score (nSPS) is 13.5. The second-order valence-corrected chi connectivity index (χ2v) is 7.28. The molecule has 4 heteroatoms. The number of fused-ring (bicyclic) bond motifs is 2. The van der Waals surface area contributed by atoms with E-state index in [0.29, 0.717) is 11.1 Å². The summed E-state index contributed by atoms with van der Waals surface area (Å²) in [4.78, 5) is 26.0. The van der Waals surface area contributed by atoms with Crippen LogP contribution in [0, 0.1) is 0 Å². The van der Waals surface area contributed by atoms with Gasteiger partial charge in [0.2, 0.25) is 0 Å². The third kappa shape index (κ3) is 2.20. The molecule has 0 bridgehead atoms. The number of Topliss-reactive ketones (excluding diaryl/α,β-unsaturated/α-hetero) is 2. The zero-order valence-corrected chi connectivity index (χ0v) is 14.5. The van der Waals surface area contributed by atoms with E-state index in [2.05, 4.69) is 22.8 Å². The number of thiophene rings is 1. The average molecular weight is 355 g/mol. The predicted molar refractivity (Wildman–Crippen MR) is 104 cm³/mol. The number of allylic oxidation sites excluding steroid dienone is 1. The molecule has 0 saturated carbocycles. The molecule has 0 N–H and O–H groups in total. The average Bonchev–Trinajstić information content (AvgIpc) is 3.36. The monoisotopic (exact) mass is 355 g/mol. The lowest BCUT2D eigenvalue weighted by atomic mass is 10.1. The molecule has 3 nitrogen and oxygen atoms in total. The van der Waals surface area contributed by atoms with E-state index in [1.54, 1.807) is 41.7 Å². The van der Waals surface area contributed by atoms with Crippen LogP contribution in [0.2, 0.25) is 0 Å². The van der Waals surface area contributed by atoms with Crippen molar-refractivity contribution in [2.45, 2.75) is 0 Å². The number of rotatable bonds is 2. The smallest absolute Gasteiger partial charge is 0.197 e. The molecule has 124 valence electrons. The third-order valence-corrected chi connectivity index (χ3v) is 5.67. The fraction of sp³-hybridized carbons (Fsp3) is 0. The minimum atomic E-state index is -0.188.